The van der Waals surface area contributed by atoms with Crippen LogP contribution < -0.4 is 5.73 Å². The third-order valence-corrected chi connectivity index (χ3v) is 2.86. The molecule has 0 saturated carbocycles. The second-order valence-electron chi connectivity index (χ2n) is 4.03. The zero-order valence-corrected chi connectivity index (χ0v) is 10.2. The van der Waals surface area contributed by atoms with Crippen molar-refractivity contribution < 1.29 is 0 Å². The normalized spacial score (nSPS) is 12.6. The summed E-state index contributed by atoms with van der Waals surface area (Å²) in [4.78, 5) is 8.31. The minimum absolute atomic E-state index is 0.0625. The van der Waals surface area contributed by atoms with Crippen molar-refractivity contribution in [1.82, 2.24) is 19.7 Å². The number of aromatic nitrogens is 4. The molecule has 2 heterocycles. The summed E-state index contributed by atoms with van der Waals surface area (Å²) in [5.41, 5.74) is 8.43. The smallest absolute Gasteiger partial charge is 0.138 e. The van der Waals surface area contributed by atoms with Crippen LogP contribution in [0.15, 0.2) is 24.8 Å². The van der Waals surface area contributed by atoms with Crippen molar-refractivity contribution in [3.8, 4) is 0 Å². The van der Waals surface area contributed by atoms with Crippen LogP contribution in [-0.2, 0) is 13.0 Å². The van der Waals surface area contributed by atoms with Crippen molar-refractivity contribution in [2.75, 3.05) is 0 Å². The molecule has 90 valence electrons. The summed E-state index contributed by atoms with van der Waals surface area (Å²) in [6.07, 6.45) is 5.87. The second-order valence-corrected chi connectivity index (χ2v) is 4.03. The van der Waals surface area contributed by atoms with Gasteiger partial charge in [0.25, 0.3) is 0 Å². The highest BCUT2D eigenvalue weighted by atomic mass is 15.3. The predicted octanol–water partition coefficient (Wildman–Crippen LogP) is 1.24. The van der Waals surface area contributed by atoms with Gasteiger partial charge in [-0.3, -0.25) is 9.67 Å². The van der Waals surface area contributed by atoms with Crippen LogP contribution in [0.25, 0.3) is 0 Å². The topological polar surface area (TPSA) is 69.6 Å². The molecule has 0 amide bonds. The van der Waals surface area contributed by atoms with E-state index in [0.29, 0.717) is 6.42 Å². The summed E-state index contributed by atoms with van der Waals surface area (Å²) >= 11 is 0. The van der Waals surface area contributed by atoms with Crippen LogP contribution in [0.4, 0.5) is 0 Å². The summed E-state index contributed by atoms with van der Waals surface area (Å²) < 4.78 is 1.87. The third-order valence-electron chi connectivity index (χ3n) is 2.86. The highest BCUT2D eigenvalue weighted by Gasteiger charge is 2.13. The Bertz CT molecular complexity index is 491. The van der Waals surface area contributed by atoms with E-state index in [0.717, 1.165) is 23.5 Å². The minimum Gasteiger partial charge on any atom is -0.324 e. The van der Waals surface area contributed by atoms with Gasteiger partial charge in [0.1, 0.15) is 12.2 Å². The molecule has 5 heteroatoms. The van der Waals surface area contributed by atoms with Gasteiger partial charge in [0.2, 0.25) is 0 Å². The maximum Gasteiger partial charge on any atom is 0.138 e. The lowest BCUT2D eigenvalue weighted by Gasteiger charge is -2.14. The molecule has 2 N–H and O–H groups in total. The van der Waals surface area contributed by atoms with Crippen molar-refractivity contribution in [1.29, 1.82) is 0 Å². The van der Waals surface area contributed by atoms with Crippen LogP contribution in [0.5, 0.6) is 0 Å². The number of aryl methyl sites for hydroxylation is 2. The van der Waals surface area contributed by atoms with Crippen molar-refractivity contribution in [3.63, 3.8) is 0 Å². The highest BCUT2D eigenvalue weighted by molar-refractivity contribution is 5.25. The molecule has 0 fully saturated rings. The third kappa shape index (κ3) is 2.50. The summed E-state index contributed by atoms with van der Waals surface area (Å²) in [7, 11) is 0. The van der Waals surface area contributed by atoms with Crippen LogP contribution in [-0.4, -0.2) is 19.7 Å². The molecule has 0 bridgehead atoms. The summed E-state index contributed by atoms with van der Waals surface area (Å²) in [5.74, 6) is 0.927. The minimum atomic E-state index is -0.0625. The van der Waals surface area contributed by atoms with Crippen LogP contribution >= 0.6 is 0 Å². The van der Waals surface area contributed by atoms with Gasteiger partial charge in [-0.2, -0.15) is 5.10 Å². The fourth-order valence-electron chi connectivity index (χ4n) is 1.92. The summed E-state index contributed by atoms with van der Waals surface area (Å²) in [6.45, 7) is 4.88. The Labute approximate surface area is 101 Å². The summed E-state index contributed by atoms with van der Waals surface area (Å²) in [6, 6.07) is 1.90. The van der Waals surface area contributed by atoms with E-state index < -0.39 is 0 Å². The van der Waals surface area contributed by atoms with Gasteiger partial charge in [-0.15, -0.1) is 0 Å². The predicted molar refractivity (Wildman–Crippen MR) is 65.3 cm³/mol. The van der Waals surface area contributed by atoms with Gasteiger partial charge < -0.3 is 5.73 Å². The number of hydrogen-bond donors (Lipinski definition) is 1. The molecule has 2 rings (SSSR count). The van der Waals surface area contributed by atoms with Gasteiger partial charge in [0.05, 0.1) is 0 Å². The van der Waals surface area contributed by atoms with E-state index in [1.165, 1.54) is 0 Å². The SMILES string of the molecule is CCn1ncnc1CC(N)c1ccncc1C. The fourth-order valence-corrected chi connectivity index (χ4v) is 1.92. The Hall–Kier alpha value is -1.75. The monoisotopic (exact) mass is 231 g/mol. The Kier molecular flexibility index (Phi) is 3.49. The average molecular weight is 231 g/mol. The maximum absolute atomic E-state index is 6.20. The molecule has 0 aromatic carbocycles. The lowest BCUT2D eigenvalue weighted by Crippen LogP contribution is -2.18. The second kappa shape index (κ2) is 5.05. The zero-order valence-electron chi connectivity index (χ0n) is 10.2. The van der Waals surface area contributed by atoms with E-state index in [9.17, 15) is 0 Å². The van der Waals surface area contributed by atoms with Crippen molar-refractivity contribution in [2.45, 2.75) is 32.9 Å². The molecule has 0 radical (unpaired) electrons. The van der Waals surface area contributed by atoms with E-state index in [1.54, 1.807) is 12.5 Å². The molecule has 0 spiro atoms. The molecule has 17 heavy (non-hydrogen) atoms. The van der Waals surface area contributed by atoms with E-state index in [1.807, 2.05) is 30.8 Å². The molecule has 0 aliphatic rings. The fraction of sp³-hybridized carbons (Fsp3) is 0.417. The van der Waals surface area contributed by atoms with Gasteiger partial charge in [-0.25, -0.2) is 4.98 Å². The molecule has 1 unspecified atom stereocenters. The first-order chi connectivity index (χ1) is 8.22. The first-order valence-corrected chi connectivity index (χ1v) is 5.75. The van der Waals surface area contributed by atoms with Gasteiger partial charge in [0, 0.05) is 31.4 Å². The maximum atomic E-state index is 6.20. The van der Waals surface area contributed by atoms with Crippen LogP contribution in [0.1, 0.15) is 29.9 Å². The Morgan fingerprint density at radius 1 is 1.47 bits per heavy atom. The number of hydrogen-bond acceptors (Lipinski definition) is 4. The molecular weight excluding hydrogens is 214 g/mol. The van der Waals surface area contributed by atoms with Gasteiger partial charge in [-0.1, -0.05) is 0 Å². The zero-order chi connectivity index (χ0) is 12.3. The lowest BCUT2D eigenvalue weighted by molar-refractivity contribution is 0.580. The van der Waals surface area contributed by atoms with Gasteiger partial charge in [-0.05, 0) is 31.0 Å². The summed E-state index contributed by atoms with van der Waals surface area (Å²) in [5, 5.41) is 4.14. The van der Waals surface area contributed by atoms with E-state index >= 15 is 0 Å². The molecule has 2 aromatic rings. The highest BCUT2D eigenvalue weighted by Crippen LogP contribution is 2.17. The largest absolute Gasteiger partial charge is 0.324 e. The molecule has 2 aromatic heterocycles. The van der Waals surface area contributed by atoms with E-state index in [-0.39, 0.29) is 6.04 Å². The van der Waals surface area contributed by atoms with Crippen LogP contribution in [0.3, 0.4) is 0 Å². The standard InChI is InChI=1S/C12H17N5/c1-3-17-12(15-8-16-17)6-11(13)10-4-5-14-7-9(10)2/h4-5,7-8,11H,3,6,13H2,1-2H3. The Morgan fingerprint density at radius 3 is 3.00 bits per heavy atom. The first kappa shape index (κ1) is 11.7. The first-order valence-electron chi connectivity index (χ1n) is 5.75. The molecule has 0 aliphatic carbocycles. The van der Waals surface area contributed by atoms with E-state index in [2.05, 4.69) is 15.1 Å². The number of rotatable bonds is 4. The molecular formula is C12H17N5. The molecule has 0 saturated heterocycles. The quantitative estimate of drug-likeness (QED) is 0.859. The van der Waals surface area contributed by atoms with Crippen molar-refractivity contribution in [2.24, 2.45) is 5.73 Å². The van der Waals surface area contributed by atoms with E-state index in [4.69, 9.17) is 5.73 Å². The Balaban J connectivity index is 2.17. The van der Waals surface area contributed by atoms with Crippen molar-refractivity contribution >= 4 is 0 Å². The average Bonchev–Trinajstić information content (AvgIpc) is 2.76. The van der Waals surface area contributed by atoms with Crippen LogP contribution in [0.2, 0.25) is 0 Å². The van der Waals surface area contributed by atoms with Gasteiger partial charge >= 0.3 is 0 Å². The molecule has 5 nitrogen and oxygen atoms in total. The number of pyridine rings is 1. The Morgan fingerprint density at radius 2 is 2.29 bits per heavy atom. The molecule has 1 atom stereocenters. The lowest BCUT2D eigenvalue weighted by atomic mass is 10.0. The van der Waals surface area contributed by atoms with Crippen molar-refractivity contribution in [3.05, 3.63) is 41.7 Å². The van der Waals surface area contributed by atoms with Gasteiger partial charge in [0.15, 0.2) is 0 Å². The number of nitrogens with zero attached hydrogens (tertiary/aromatic N) is 4. The van der Waals surface area contributed by atoms with Crippen LogP contribution in [0, 0.1) is 6.92 Å². The molecule has 0 aliphatic heterocycles. The number of nitrogens with two attached hydrogens (primary N) is 1.